The lowest BCUT2D eigenvalue weighted by Crippen LogP contribution is -2.26. The van der Waals surface area contributed by atoms with Gasteiger partial charge in [-0.1, -0.05) is 44.0 Å². The number of hydrogen-bond donors (Lipinski definition) is 0. The van der Waals surface area contributed by atoms with Crippen LogP contribution in [0.5, 0.6) is 0 Å². The van der Waals surface area contributed by atoms with Crippen molar-refractivity contribution in [1.29, 1.82) is 0 Å². The van der Waals surface area contributed by atoms with Gasteiger partial charge in [-0.15, -0.1) is 0 Å². The molecule has 0 atom stereocenters. The predicted octanol–water partition coefficient (Wildman–Crippen LogP) is 5.30. The van der Waals surface area contributed by atoms with E-state index >= 15 is 0 Å². The Balaban J connectivity index is 2.08. The van der Waals surface area contributed by atoms with E-state index in [4.69, 9.17) is 0 Å². The maximum atomic E-state index is 12.6. The third-order valence-electron chi connectivity index (χ3n) is 3.79. The zero-order chi connectivity index (χ0) is 15.9. The van der Waals surface area contributed by atoms with Crippen molar-refractivity contribution in [3.05, 3.63) is 63.2 Å². The average Bonchev–Trinajstić information content (AvgIpc) is 2.55. The van der Waals surface area contributed by atoms with Gasteiger partial charge in [0.1, 0.15) is 0 Å². The smallest absolute Gasteiger partial charge is 0.258 e. The lowest BCUT2D eigenvalue weighted by atomic mass is 10.0. The van der Waals surface area contributed by atoms with Gasteiger partial charge in [-0.25, -0.2) is 0 Å². The Morgan fingerprint density at radius 2 is 1.73 bits per heavy atom. The number of aryl methyl sites for hydroxylation is 1. The van der Waals surface area contributed by atoms with Gasteiger partial charge in [0.15, 0.2) is 0 Å². The maximum Gasteiger partial charge on any atom is 0.258 e. The van der Waals surface area contributed by atoms with Gasteiger partial charge in [-0.2, -0.15) is 0 Å². The molecule has 0 spiro atoms. The summed E-state index contributed by atoms with van der Waals surface area (Å²) >= 11 is 2.26. The molecule has 2 aromatic carbocycles. The Labute approximate surface area is 146 Å². The number of unbranched alkanes of at least 4 members (excludes halogenated alkanes) is 2. The van der Waals surface area contributed by atoms with Crippen LogP contribution in [0.4, 0.5) is 5.69 Å². The molecule has 3 heteroatoms. The first kappa shape index (κ1) is 17.0. The molecule has 0 saturated carbocycles. The summed E-state index contributed by atoms with van der Waals surface area (Å²) in [5.41, 5.74) is 2.99. The topological polar surface area (TPSA) is 20.3 Å². The van der Waals surface area contributed by atoms with Crippen molar-refractivity contribution in [2.75, 3.05) is 11.9 Å². The highest BCUT2D eigenvalue weighted by Gasteiger charge is 2.15. The first-order chi connectivity index (χ1) is 10.6. The second kappa shape index (κ2) is 8.32. The largest absolute Gasteiger partial charge is 0.310 e. The van der Waals surface area contributed by atoms with E-state index in [9.17, 15) is 4.79 Å². The van der Waals surface area contributed by atoms with Gasteiger partial charge in [0.25, 0.3) is 5.91 Å². The molecule has 2 nitrogen and oxygen atoms in total. The summed E-state index contributed by atoms with van der Waals surface area (Å²) in [6.07, 6.45) is 4.80. The zero-order valence-corrected chi connectivity index (χ0v) is 15.3. The standard InChI is InChI=1S/C19H22INO/c1-3-4-5-8-15-11-13-16(14-12-15)19(22)21(2)18-10-7-6-9-17(18)20/h6-7,9-14H,3-5,8H2,1-2H3. The fourth-order valence-corrected chi connectivity index (χ4v) is 3.17. The molecule has 0 aliphatic carbocycles. The molecule has 22 heavy (non-hydrogen) atoms. The summed E-state index contributed by atoms with van der Waals surface area (Å²) in [6, 6.07) is 16.0. The lowest BCUT2D eigenvalue weighted by Gasteiger charge is -2.19. The van der Waals surface area contributed by atoms with Crippen molar-refractivity contribution in [2.24, 2.45) is 0 Å². The average molecular weight is 407 g/mol. The van der Waals surface area contributed by atoms with Crippen LogP contribution >= 0.6 is 22.6 Å². The van der Waals surface area contributed by atoms with Gasteiger partial charge in [0, 0.05) is 16.2 Å². The molecule has 0 aromatic heterocycles. The number of para-hydroxylation sites is 1. The van der Waals surface area contributed by atoms with Crippen LogP contribution in [0.15, 0.2) is 48.5 Å². The third-order valence-corrected chi connectivity index (χ3v) is 4.70. The van der Waals surface area contributed by atoms with Crippen molar-refractivity contribution in [3.8, 4) is 0 Å². The van der Waals surface area contributed by atoms with E-state index in [-0.39, 0.29) is 5.91 Å². The van der Waals surface area contributed by atoms with Gasteiger partial charge in [0.05, 0.1) is 5.69 Å². The van der Waals surface area contributed by atoms with Gasteiger partial charge >= 0.3 is 0 Å². The van der Waals surface area contributed by atoms with Crippen LogP contribution in [0.3, 0.4) is 0 Å². The Bertz CT molecular complexity index is 622. The number of rotatable bonds is 6. The Morgan fingerprint density at radius 1 is 1.05 bits per heavy atom. The maximum absolute atomic E-state index is 12.6. The molecule has 0 N–H and O–H groups in total. The molecule has 0 fully saturated rings. The molecule has 2 rings (SSSR count). The zero-order valence-electron chi connectivity index (χ0n) is 13.2. The van der Waals surface area contributed by atoms with Crippen LogP contribution in [-0.2, 0) is 6.42 Å². The number of hydrogen-bond acceptors (Lipinski definition) is 1. The van der Waals surface area contributed by atoms with E-state index in [1.807, 2.05) is 43.4 Å². The van der Waals surface area contributed by atoms with E-state index in [0.29, 0.717) is 0 Å². The Hall–Kier alpha value is -1.36. The first-order valence-corrected chi connectivity index (χ1v) is 8.83. The number of amides is 1. The third kappa shape index (κ3) is 4.32. The highest BCUT2D eigenvalue weighted by atomic mass is 127. The van der Waals surface area contributed by atoms with Crippen molar-refractivity contribution in [1.82, 2.24) is 0 Å². The minimum atomic E-state index is 0.0317. The number of nitrogens with zero attached hydrogens (tertiary/aromatic N) is 1. The van der Waals surface area contributed by atoms with Gasteiger partial charge in [-0.3, -0.25) is 4.79 Å². The molecular weight excluding hydrogens is 385 g/mol. The van der Waals surface area contributed by atoms with E-state index in [1.54, 1.807) is 4.90 Å². The van der Waals surface area contributed by atoms with E-state index in [0.717, 1.165) is 21.2 Å². The summed E-state index contributed by atoms with van der Waals surface area (Å²) in [5.74, 6) is 0.0317. The molecule has 1 amide bonds. The number of carbonyl (C=O) groups excluding carboxylic acids is 1. The minimum absolute atomic E-state index is 0.0317. The molecule has 116 valence electrons. The minimum Gasteiger partial charge on any atom is -0.310 e. The lowest BCUT2D eigenvalue weighted by molar-refractivity contribution is 0.0993. The van der Waals surface area contributed by atoms with Crippen molar-refractivity contribution in [2.45, 2.75) is 32.6 Å². The van der Waals surface area contributed by atoms with E-state index in [1.165, 1.54) is 24.8 Å². The van der Waals surface area contributed by atoms with Gasteiger partial charge < -0.3 is 4.90 Å². The van der Waals surface area contributed by atoms with Crippen LogP contribution in [0.1, 0.15) is 42.1 Å². The normalized spacial score (nSPS) is 10.5. The van der Waals surface area contributed by atoms with Crippen LogP contribution in [0, 0.1) is 3.57 Å². The highest BCUT2D eigenvalue weighted by molar-refractivity contribution is 14.1. The molecule has 0 heterocycles. The molecule has 0 unspecified atom stereocenters. The summed E-state index contributed by atoms with van der Waals surface area (Å²) in [5, 5.41) is 0. The molecule has 2 aromatic rings. The van der Waals surface area contributed by atoms with Crippen molar-refractivity contribution >= 4 is 34.2 Å². The summed E-state index contributed by atoms with van der Waals surface area (Å²) < 4.78 is 1.08. The number of carbonyl (C=O) groups is 1. The number of benzene rings is 2. The van der Waals surface area contributed by atoms with Crippen molar-refractivity contribution < 1.29 is 4.79 Å². The fourth-order valence-electron chi connectivity index (χ4n) is 2.42. The van der Waals surface area contributed by atoms with Gasteiger partial charge in [0.2, 0.25) is 0 Å². The monoisotopic (exact) mass is 407 g/mol. The highest BCUT2D eigenvalue weighted by Crippen LogP contribution is 2.22. The molecule has 0 radical (unpaired) electrons. The van der Waals surface area contributed by atoms with E-state index in [2.05, 4.69) is 41.6 Å². The summed E-state index contributed by atoms with van der Waals surface area (Å²) in [7, 11) is 1.83. The predicted molar refractivity (Wildman–Crippen MR) is 102 cm³/mol. The molecule has 0 aliphatic rings. The Kier molecular flexibility index (Phi) is 6.43. The first-order valence-electron chi connectivity index (χ1n) is 7.75. The summed E-state index contributed by atoms with van der Waals surface area (Å²) in [6.45, 7) is 2.21. The molecular formula is C19H22INO. The number of anilines is 1. The van der Waals surface area contributed by atoms with Crippen LogP contribution < -0.4 is 4.90 Å². The van der Waals surface area contributed by atoms with Gasteiger partial charge in [-0.05, 0) is 65.3 Å². The molecule has 0 aliphatic heterocycles. The SMILES string of the molecule is CCCCCc1ccc(C(=O)N(C)c2ccccc2I)cc1. The molecule has 0 saturated heterocycles. The van der Waals surface area contributed by atoms with Crippen molar-refractivity contribution in [3.63, 3.8) is 0 Å². The van der Waals surface area contributed by atoms with Crippen LogP contribution in [0.25, 0.3) is 0 Å². The van der Waals surface area contributed by atoms with E-state index < -0.39 is 0 Å². The molecule has 0 bridgehead atoms. The summed E-state index contributed by atoms with van der Waals surface area (Å²) in [4.78, 5) is 14.3. The Morgan fingerprint density at radius 3 is 2.36 bits per heavy atom. The van der Waals surface area contributed by atoms with Crippen LogP contribution in [0.2, 0.25) is 0 Å². The quantitative estimate of drug-likeness (QED) is 0.470. The second-order valence-corrected chi connectivity index (χ2v) is 6.63. The fraction of sp³-hybridized carbons (Fsp3) is 0.316. The van der Waals surface area contributed by atoms with Crippen LogP contribution in [-0.4, -0.2) is 13.0 Å². The second-order valence-electron chi connectivity index (χ2n) is 5.47. The number of halogens is 1.